The summed E-state index contributed by atoms with van der Waals surface area (Å²) < 4.78 is 39.9. The quantitative estimate of drug-likeness (QED) is 0.817. The Kier molecular flexibility index (Phi) is 3.29. The molecule has 22 heavy (non-hydrogen) atoms. The number of fused-ring (bicyclic) bond motifs is 1. The van der Waals surface area contributed by atoms with E-state index in [2.05, 4.69) is 0 Å². The molecule has 1 heterocycles. The Morgan fingerprint density at radius 1 is 1.32 bits per heavy atom. The minimum Gasteiger partial charge on any atom is -0.298 e. The molecule has 3 rings (SSSR count). The molecule has 1 aliphatic rings. The SMILES string of the molecule is CC1(S(=O)(=O)n2cc(C=O)c3cccc(F)c32)C=CC=CC1. The van der Waals surface area contributed by atoms with E-state index in [0.29, 0.717) is 6.29 Å². The number of carbonyl (C=O) groups excluding carboxylic acids is 1. The molecule has 0 saturated carbocycles. The maximum atomic E-state index is 14.2. The third kappa shape index (κ3) is 1.94. The van der Waals surface area contributed by atoms with E-state index < -0.39 is 20.6 Å². The van der Waals surface area contributed by atoms with Crippen LogP contribution in [0.1, 0.15) is 23.7 Å². The minimum atomic E-state index is -3.92. The molecule has 1 aliphatic carbocycles. The molecule has 0 spiro atoms. The summed E-state index contributed by atoms with van der Waals surface area (Å²) in [5.41, 5.74) is 0.0609. The van der Waals surface area contributed by atoms with Gasteiger partial charge in [0.15, 0.2) is 6.29 Å². The van der Waals surface area contributed by atoms with Crippen LogP contribution in [0.4, 0.5) is 4.39 Å². The number of aromatic nitrogens is 1. The second kappa shape index (κ2) is 4.91. The molecular weight excluding hydrogens is 305 g/mol. The summed E-state index contributed by atoms with van der Waals surface area (Å²) in [4.78, 5) is 11.2. The number of hydrogen-bond donors (Lipinski definition) is 0. The Morgan fingerprint density at radius 3 is 2.73 bits per heavy atom. The highest BCUT2D eigenvalue weighted by Crippen LogP contribution is 2.33. The summed E-state index contributed by atoms with van der Waals surface area (Å²) in [5, 5.41) is 0.289. The molecule has 1 atom stereocenters. The highest BCUT2D eigenvalue weighted by Gasteiger charge is 2.39. The van der Waals surface area contributed by atoms with Crippen LogP contribution in [-0.2, 0) is 10.0 Å². The van der Waals surface area contributed by atoms with Crippen LogP contribution >= 0.6 is 0 Å². The van der Waals surface area contributed by atoms with Gasteiger partial charge in [-0.25, -0.2) is 16.8 Å². The van der Waals surface area contributed by atoms with E-state index in [9.17, 15) is 17.6 Å². The number of benzene rings is 1. The molecule has 2 aromatic rings. The Morgan fingerprint density at radius 2 is 2.09 bits per heavy atom. The molecule has 1 aromatic heterocycles. The van der Waals surface area contributed by atoms with Crippen molar-refractivity contribution in [2.24, 2.45) is 0 Å². The first-order valence-corrected chi connectivity index (χ1v) is 8.19. The summed E-state index contributed by atoms with van der Waals surface area (Å²) in [5.74, 6) is -0.673. The lowest BCUT2D eigenvalue weighted by Crippen LogP contribution is -2.37. The van der Waals surface area contributed by atoms with Gasteiger partial charge in [-0.05, 0) is 19.4 Å². The second-order valence-corrected chi connectivity index (χ2v) is 7.72. The number of nitrogens with zero attached hydrogens (tertiary/aromatic N) is 1. The summed E-state index contributed by atoms with van der Waals surface area (Å²) in [6.45, 7) is 1.58. The molecule has 0 fully saturated rings. The first-order valence-electron chi connectivity index (χ1n) is 6.75. The molecule has 114 valence electrons. The van der Waals surface area contributed by atoms with E-state index in [-0.39, 0.29) is 22.9 Å². The monoisotopic (exact) mass is 319 g/mol. The van der Waals surface area contributed by atoms with Gasteiger partial charge in [-0.3, -0.25) is 4.79 Å². The van der Waals surface area contributed by atoms with Crippen LogP contribution in [-0.4, -0.2) is 23.4 Å². The molecule has 0 N–H and O–H groups in total. The summed E-state index contributed by atoms with van der Waals surface area (Å²) in [7, 11) is -3.92. The fourth-order valence-electron chi connectivity index (χ4n) is 2.64. The van der Waals surface area contributed by atoms with Crippen molar-refractivity contribution in [1.29, 1.82) is 0 Å². The Hall–Kier alpha value is -2.21. The van der Waals surface area contributed by atoms with Crippen LogP contribution < -0.4 is 0 Å². The predicted molar refractivity (Wildman–Crippen MR) is 82.9 cm³/mol. The van der Waals surface area contributed by atoms with Crippen molar-refractivity contribution in [1.82, 2.24) is 3.97 Å². The van der Waals surface area contributed by atoms with E-state index in [4.69, 9.17) is 0 Å². The molecule has 1 aromatic carbocycles. The summed E-state index contributed by atoms with van der Waals surface area (Å²) in [6, 6.07) is 4.17. The van der Waals surface area contributed by atoms with Crippen molar-refractivity contribution < 1.29 is 17.6 Å². The smallest absolute Gasteiger partial charge is 0.248 e. The summed E-state index contributed by atoms with van der Waals surface area (Å²) in [6.07, 6.45) is 8.76. The van der Waals surface area contributed by atoms with Crippen molar-refractivity contribution in [2.75, 3.05) is 0 Å². The van der Waals surface area contributed by atoms with E-state index >= 15 is 0 Å². The van der Waals surface area contributed by atoms with Gasteiger partial charge in [-0.1, -0.05) is 36.4 Å². The van der Waals surface area contributed by atoms with Crippen LogP contribution in [0.3, 0.4) is 0 Å². The third-order valence-electron chi connectivity index (χ3n) is 3.97. The second-order valence-electron chi connectivity index (χ2n) is 5.44. The lowest BCUT2D eigenvalue weighted by molar-refractivity contribution is 0.112. The average Bonchev–Trinajstić information content (AvgIpc) is 2.89. The Labute approximate surface area is 127 Å². The van der Waals surface area contributed by atoms with E-state index in [1.807, 2.05) is 0 Å². The number of hydrogen-bond acceptors (Lipinski definition) is 3. The first-order chi connectivity index (χ1) is 10.4. The zero-order chi connectivity index (χ0) is 16.0. The van der Waals surface area contributed by atoms with Gasteiger partial charge in [-0.2, -0.15) is 0 Å². The number of halogens is 1. The van der Waals surface area contributed by atoms with Gasteiger partial charge in [-0.15, -0.1) is 0 Å². The number of allylic oxidation sites excluding steroid dienone is 3. The van der Waals surface area contributed by atoms with Crippen molar-refractivity contribution in [3.63, 3.8) is 0 Å². The van der Waals surface area contributed by atoms with Crippen molar-refractivity contribution in [2.45, 2.75) is 18.1 Å². The largest absolute Gasteiger partial charge is 0.298 e. The number of para-hydroxylation sites is 1. The number of rotatable bonds is 3. The molecule has 6 heteroatoms. The van der Waals surface area contributed by atoms with Gasteiger partial charge < -0.3 is 0 Å². The molecule has 0 radical (unpaired) electrons. The molecular formula is C16H14FNO3S. The predicted octanol–water partition coefficient (Wildman–Crippen LogP) is 3.05. The Bertz CT molecular complexity index is 924. The average molecular weight is 319 g/mol. The van der Waals surface area contributed by atoms with E-state index in [0.717, 1.165) is 3.97 Å². The molecule has 4 nitrogen and oxygen atoms in total. The maximum absolute atomic E-state index is 14.2. The standard InChI is InChI=1S/C16H14FNO3S/c1-16(8-3-2-4-9-16)22(20,21)18-10-12(11-19)13-6-5-7-14(17)15(13)18/h2-8,10-11H,9H2,1H3. The summed E-state index contributed by atoms with van der Waals surface area (Å²) >= 11 is 0. The lowest BCUT2D eigenvalue weighted by atomic mass is 10.0. The highest BCUT2D eigenvalue weighted by molar-refractivity contribution is 7.91. The van der Waals surface area contributed by atoms with Crippen molar-refractivity contribution in [3.05, 3.63) is 60.1 Å². The zero-order valence-corrected chi connectivity index (χ0v) is 12.7. The van der Waals surface area contributed by atoms with E-state index in [1.54, 1.807) is 31.2 Å². The Balaban J connectivity index is 2.33. The van der Waals surface area contributed by atoms with Gasteiger partial charge in [0.25, 0.3) is 0 Å². The van der Waals surface area contributed by atoms with Crippen molar-refractivity contribution in [3.8, 4) is 0 Å². The number of aldehydes is 1. The molecule has 1 unspecified atom stereocenters. The van der Waals surface area contributed by atoms with Gasteiger partial charge in [0.05, 0.1) is 0 Å². The molecule has 0 saturated heterocycles. The van der Waals surface area contributed by atoms with Gasteiger partial charge in [0, 0.05) is 17.1 Å². The van der Waals surface area contributed by atoms with Gasteiger partial charge >= 0.3 is 0 Å². The fraction of sp³-hybridized carbons (Fsp3) is 0.188. The molecule has 0 bridgehead atoms. The van der Waals surface area contributed by atoms with Gasteiger partial charge in [0.1, 0.15) is 16.1 Å². The zero-order valence-electron chi connectivity index (χ0n) is 11.9. The van der Waals surface area contributed by atoms with Crippen LogP contribution in [0.2, 0.25) is 0 Å². The molecule has 0 aliphatic heterocycles. The fourth-order valence-corrected chi connectivity index (χ4v) is 4.32. The van der Waals surface area contributed by atoms with E-state index in [1.165, 1.54) is 24.4 Å². The van der Waals surface area contributed by atoms with Crippen LogP contribution in [0, 0.1) is 5.82 Å². The van der Waals surface area contributed by atoms with Crippen LogP contribution in [0.25, 0.3) is 10.9 Å². The maximum Gasteiger partial charge on any atom is 0.248 e. The lowest BCUT2D eigenvalue weighted by Gasteiger charge is -2.27. The van der Waals surface area contributed by atoms with Crippen LogP contribution in [0.5, 0.6) is 0 Å². The highest BCUT2D eigenvalue weighted by atomic mass is 32.2. The normalized spacial score (nSPS) is 21.4. The molecule has 0 amide bonds. The third-order valence-corrected chi connectivity index (χ3v) is 6.26. The topological polar surface area (TPSA) is 56.1 Å². The van der Waals surface area contributed by atoms with Crippen LogP contribution in [0.15, 0.2) is 48.7 Å². The van der Waals surface area contributed by atoms with Crippen molar-refractivity contribution >= 4 is 27.2 Å². The van der Waals surface area contributed by atoms with Gasteiger partial charge in [0.2, 0.25) is 10.0 Å². The number of carbonyl (C=O) groups is 1. The minimum absolute atomic E-state index is 0.0891. The first kappa shape index (κ1) is 14.7.